The number of benzene rings is 1. The first-order valence-corrected chi connectivity index (χ1v) is 7.41. The highest BCUT2D eigenvalue weighted by atomic mass is 79.9. The molecule has 0 saturated carbocycles. The van der Waals surface area contributed by atoms with Crippen molar-refractivity contribution in [3.05, 3.63) is 55.9 Å². The quantitative estimate of drug-likeness (QED) is 0.849. The first kappa shape index (κ1) is 13.7. The molecule has 0 bridgehead atoms. The van der Waals surface area contributed by atoms with E-state index >= 15 is 0 Å². The van der Waals surface area contributed by atoms with Gasteiger partial charge in [-0.05, 0) is 44.2 Å². The molecule has 0 fully saturated rings. The predicted molar refractivity (Wildman–Crippen MR) is 78.4 cm³/mol. The number of nitrogens with one attached hydrogen (secondary N) is 1. The van der Waals surface area contributed by atoms with E-state index in [1.54, 1.807) is 17.4 Å². The minimum Gasteiger partial charge on any atom is -0.305 e. The van der Waals surface area contributed by atoms with Crippen LogP contribution in [0, 0.1) is 12.7 Å². The SMILES string of the molecule is Cc1ccc(C(C)NCc2cc(Br)ccc2F)s1. The summed E-state index contributed by atoms with van der Waals surface area (Å²) >= 11 is 5.13. The van der Waals surface area contributed by atoms with Crippen LogP contribution < -0.4 is 5.32 Å². The maximum Gasteiger partial charge on any atom is 0.127 e. The molecule has 96 valence electrons. The summed E-state index contributed by atoms with van der Waals surface area (Å²) in [4.78, 5) is 2.58. The number of hydrogen-bond acceptors (Lipinski definition) is 2. The van der Waals surface area contributed by atoms with Gasteiger partial charge in [0.05, 0.1) is 0 Å². The summed E-state index contributed by atoms with van der Waals surface area (Å²) in [5.74, 6) is -0.166. The van der Waals surface area contributed by atoms with Crippen LogP contribution >= 0.6 is 27.3 Å². The van der Waals surface area contributed by atoms with Crippen LogP contribution in [-0.2, 0) is 6.54 Å². The minimum absolute atomic E-state index is 0.166. The molecule has 0 amide bonds. The van der Waals surface area contributed by atoms with Gasteiger partial charge in [-0.2, -0.15) is 0 Å². The van der Waals surface area contributed by atoms with E-state index in [4.69, 9.17) is 0 Å². The van der Waals surface area contributed by atoms with Crippen molar-refractivity contribution >= 4 is 27.3 Å². The fourth-order valence-electron chi connectivity index (χ4n) is 1.73. The Kier molecular flexibility index (Phi) is 4.54. The molecule has 2 aromatic rings. The van der Waals surface area contributed by atoms with Crippen molar-refractivity contribution in [2.24, 2.45) is 0 Å². The molecule has 18 heavy (non-hydrogen) atoms. The maximum atomic E-state index is 13.6. The molecule has 4 heteroatoms. The van der Waals surface area contributed by atoms with E-state index in [1.165, 1.54) is 15.8 Å². The lowest BCUT2D eigenvalue weighted by Gasteiger charge is -2.12. The van der Waals surface area contributed by atoms with Gasteiger partial charge in [-0.1, -0.05) is 15.9 Å². The van der Waals surface area contributed by atoms with Crippen LogP contribution in [0.3, 0.4) is 0 Å². The molecule has 1 heterocycles. The summed E-state index contributed by atoms with van der Waals surface area (Å²) in [5.41, 5.74) is 0.685. The van der Waals surface area contributed by atoms with E-state index in [9.17, 15) is 4.39 Å². The van der Waals surface area contributed by atoms with Crippen LogP contribution in [0.4, 0.5) is 4.39 Å². The molecule has 1 aromatic carbocycles. The lowest BCUT2D eigenvalue weighted by molar-refractivity contribution is 0.549. The molecule has 1 aromatic heterocycles. The summed E-state index contributed by atoms with van der Waals surface area (Å²) in [5, 5.41) is 3.35. The average Bonchev–Trinajstić information content (AvgIpc) is 2.77. The Bertz CT molecular complexity index is 538. The molecule has 0 aliphatic carbocycles. The highest BCUT2D eigenvalue weighted by molar-refractivity contribution is 9.10. The smallest absolute Gasteiger partial charge is 0.127 e. The third-order valence-electron chi connectivity index (χ3n) is 2.79. The molecular formula is C14H15BrFNS. The van der Waals surface area contributed by atoms with Gasteiger partial charge in [0.25, 0.3) is 0 Å². The topological polar surface area (TPSA) is 12.0 Å². The average molecular weight is 328 g/mol. The second-order valence-corrected chi connectivity index (χ2v) is 6.52. The van der Waals surface area contributed by atoms with Crippen LogP contribution in [0.25, 0.3) is 0 Å². The highest BCUT2D eigenvalue weighted by Crippen LogP contribution is 2.23. The minimum atomic E-state index is -0.166. The van der Waals surface area contributed by atoms with Crippen LogP contribution in [0.1, 0.15) is 28.3 Å². The number of thiophene rings is 1. The van der Waals surface area contributed by atoms with Gasteiger partial charge in [-0.25, -0.2) is 4.39 Å². The zero-order valence-electron chi connectivity index (χ0n) is 10.3. The molecule has 0 saturated heterocycles. The number of rotatable bonds is 4. The lowest BCUT2D eigenvalue weighted by Crippen LogP contribution is -2.17. The van der Waals surface area contributed by atoms with E-state index in [0.717, 1.165) is 4.47 Å². The van der Waals surface area contributed by atoms with E-state index in [0.29, 0.717) is 12.1 Å². The fraction of sp³-hybridized carbons (Fsp3) is 0.286. The summed E-state index contributed by atoms with van der Waals surface area (Å²) in [7, 11) is 0. The standard InChI is InChI=1S/C14H15BrFNS/c1-9-3-6-14(18-9)10(2)17-8-11-7-12(15)4-5-13(11)16/h3-7,10,17H,8H2,1-2H3. The Balaban J connectivity index is 2.01. The normalized spacial score (nSPS) is 12.7. The van der Waals surface area contributed by atoms with Gasteiger partial charge < -0.3 is 5.32 Å². The molecule has 1 N–H and O–H groups in total. The van der Waals surface area contributed by atoms with Gasteiger partial charge >= 0.3 is 0 Å². The van der Waals surface area contributed by atoms with Gasteiger partial charge in [0.15, 0.2) is 0 Å². The molecule has 0 spiro atoms. The van der Waals surface area contributed by atoms with Gasteiger partial charge in [0.2, 0.25) is 0 Å². The van der Waals surface area contributed by atoms with E-state index in [2.05, 4.69) is 47.2 Å². The molecule has 0 radical (unpaired) electrons. The maximum absolute atomic E-state index is 13.6. The Labute approximate surface area is 119 Å². The fourth-order valence-corrected chi connectivity index (χ4v) is 3.04. The molecule has 1 atom stereocenters. The summed E-state index contributed by atoms with van der Waals surface area (Å²) in [6.07, 6.45) is 0. The zero-order valence-corrected chi connectivity index (χ0v) is 12.7. The summed E-state index contributed by atoms with van der Waals surface area (Å²) < 4.78 is 14.5. The van der Waals surface area contributed by atoms with Gasteiger partial charge in [-0.3, -0.25) is 0 Å². The molecule has 0 aliphatic rings. The van der Waals surface area contributed by atoms with Crippen LogP contribution in [-0.4, -0.2) is 0 Å². The number of halogens is 2. The van der Waals surface area contributed by atoms with E-state index in [1.807, 2.05) is 6.07 Å². The van der Waals surface area contributed by atoms with Crippen molar-refractivity contribution in [3.8, 4) is 0 Å². The predicted octanol–water partition coefficient (Wildman–Crippen LogP) is 4.81. The number of aryl methyl sites for hydroxylation is 1. The first-order chi connectivity index (χ1) is 8.56. The van der Waals surface area contributed by atoms with Crippen molar-refractivity contribution in [2.75, 3.05) is 0 Å². The Morgan fingerprint density at radius 3 is 2.78 bits per heavy atom. The van der Waals surface area contributed by atoms with Crippen LogP contribution in [0.5, 0.6) is 0 Å². The van der Waals surface area contributed by atoms with Crippen LogP contribution in [0.15, 0.2) is 34.8 Å². The van der Waals surface area contributed by atoms with Crippen molar-refractivity contribution in [1.29, 1.82) is 0 Å². The second kappa shape index (κ2) is 5.95. The summed E-state index contributed by atoms with van der Waals surface area (Å²) in [6.45, 7) is 4.72. The zero-order chi connectivity index (χ0) is 13.1. The van der Waals surface area contributed by atoms with Gasteiger partial charge in [0.1, 0.15) is 5.82 Å². The Morgan fingerprint density at radius 2 is 2.11 bits per heavy atom. The second-order valence-electron chi connectivity index (χ2n) is 4.29. The van der Waals surface area contributed by atoms with Crippen molar-refractivity contribution in [1.82, 2.24) is 5.32 Å². The Hall–Kier alpha value is -0.710. The molecule has 0 aliphatic heterocycles. The van der Waals surface area contributed by atoms with Crippen molar-refractivity contribution in [2.45, 2.75) is 26.4 Å². The van der Waals surface area contributed by atoms with E-state index in [-0.39, 0.29) is 11.9 Å². The third-order valence-corrected chi connectivity index (χ3v) is 4.47. The third kappa shape index (κ3) is 3.40. The van der Waals surface area contributed by atoms with Crippen LogP contribution in [0.2, 0.25) is 0 Å². The van der Waals surface area contributed by atoms with Gasteiger partial charge in [-0.15, -0.1) is 11.3 Å². The highest BCUT2D eigenvalue weighted by Gasteiger charge is 2.09. The lowest BCUT2D eigenvalue weighted by atomic mass is 10.2. The summed E-state index contributed by atoms with van der Waals surface area (Å²) in [6, 6.07) is 9.48. The first-order valence-electron chi connectivity index (χ1n) is 5.80. The monoisotopic (exact) mass is 327 g/mol. The van der Waals surface area contributed by atoms with Crippen molar-refractivity contribution < 1.29 is 4.39 Å². The molecular weight excluding hydrogens is 313 g/mol. The molecule has 1 unspecified atom stereocenters. The van der Waals surface area contributed by atoms with Crippen molar-refractivity contribution in [3.63, 3.8) is 0 Å². The molecule has 2 rings (SSSR count). The van der Waals surface area contributed by atoms with Gasteiger partial charge in [0, 0.05) is 32.4 Å². The molecule has 1 nitrogen and oxygen atoms in total. The number of hydrogen-bond donors (Lipinski definition) is 1. The largest absolute Gasteiger partial charge is 0.305 e. The Morgan fingerprint density at radius 1 is 1.33 bits per heavy atom. The van der Waals surface area contributed by atoms with E-state index < -0.39 is 0 Å².